The Hall–Kier alpha value is -2.96. The third-order valence-electron chi connectivity index (χ3n) is 6.94. The molecule has 6 heteroatoms. The van der Waals surface area contributed by atoms with Crippen molar-refractivity contribution >= 4 is 21.9 Å². The smallest absolute Gasteiger partial charge is 0.277 e. The Kier molecular flexibility index (Phi) is 5.04. The number of aromatic nitrogens is 3. The fraction of sp³-hybridized carbons (Fsp3) is 0.385. The summed E-state index contributed by atoms with van der Waals surface area (Å²) in [6.07, 6.45) is 6.44. The summed E-state index contributed by atoms with van der Waals surface area (Å²) in [5, 5.41) is 4.49. The topological polar surface area (TPSA) is 61.1 Å². The van der Waals surface area contributed by atoms with Gasteiger partial charge >= 0.3 is 0 Å². The van der Waals surface area contributed by atoms with Crippen molar-refractivity contribution < 1.29 is 4.74 Å². The first-order valence-corrected chi connectivity index (χ1v) is 11.7. The molecule has 2 aromatic carbocycles. The molecule has 0 saturated carbocycles. The van der Waals surface area contributed by atoms with Crippen LogP contribution in [0.15, 0.2) is 59.5 Å². The maximum atomic E-state index is 13.9. The number of nitrogens with zero attached hydrogens (tertiary/aromatic N) is 3. The second-order valence-corrected chi connectivity index (χ2v) is 8.95. The van der Waals surface area contributed by atoms with Crippen LogP contribution >= 0.6 is 0 Å². The Morgan fingerprint density at radius 3 is 2.59 bits per heavy atom. The normalized spacial score (nSPS) is 19.8. The van der Waals surface area contributed by atoms with Gasteiger partial charge in [-0.15, -0.1) is 0 Å². The molecule has 2 aliphatic rings. The molecule has 32 heavy (non-hydrogen) atoms. The lowest BCUT2D eigenvalue weighted by atomic mass is 10.0. The van der Waals surface area contributed by atoms with Crippen molar-refractivity contribution in [1.82, 2.24) is 19.4 Å². The van der Waals surface area contributed by atoms with E-state index in [2.05, 4.69) is 34.3 Å². The molecule has 0 amide bonds. The van der Waals surface area contributed by atoms with Crippen LogP contribution in [-0.2, 0) is 11.3 Å². The number of para-hydroxylation sites is 3. The van der Waals surface area contributed by atoms with E-state index in [1.165, 1.54) is 0 Å². The zero-order chi connectivity index (χ0) is 21.5. The summed E-state index contributed by atoms with van der Waals surface area (Å²) in [5.41, 5.74) is 4.39. The van der Waals surface area contributed by atoms with Crippen LogP contribution < -0.4 is 10.9 Å². The van der Waals surface area contributed by atoms with Gasteiger partial charge in [-0.25, -0.2) is 4.98 Å². The molecule has 164 valence electrons. The molecule has 0 spiro atoms. The van der Waals surface area contributed by atoms with Gasteiger partial charge in [0.15, 0.2) is 0 Å². The van der Waals surface area contributed by atoms with Gasteiger partial charge in [0.05, 0.1) is 17.1 Å². The minimum atomic E-state index is 0.00983. The predicted molar refractivity (Wildman–Crippen MR) is 127 cm³/mol. The van der Waals surface area contributed by atoms with Gasteiger partial charge in [-0.2, -0.15) is 0 Å². The van der Waals surface area contributed by atoms with Gasteiger partial charge in [-0.1, -0.05) is 30.3 Å². The quantitative estimate of drug-likeness (QED) is 0.531. The highest BCUT2D eigenvalue weighted by molar-refractivity contribution is 5.96. The number of piperidine rings is 1. The van der Waals surface area contributed by atoms with E-state index in [9.17, 15) is 4.79 Å². The van der Waals surface area contributed by atoms with E-state index in [0.29, 0.717) is 5.69 Å². The van der Waals surface area contributed by atoms with Crippen molar-refractivity contribution in [3.05, 3.63) is 65.1 Å². The van der Waals surface area contributed by atoms with Gasteiger partial charge in [-0.05, 0) is 57.0 Å². The van der Waals surface area contributed by atoms with Gasteiger partial charge in [0.25, 0.3) is 5.56 Å². The molecule has 1 N–H and O–H groups in total. The van der Waals surface area contributed by atoms with Crippen LogP contribution in [0.5, 0.6) is 0 Å². The lowest BCUT2D eigenvalue weighted by Gasteiger charge is -2.26. The number of hydrogen-bond donors (Lipinski definition) is 1. The summed E-state index contributed by atoms with van der Waals surface area (Å²) in [6.45, 7) is 3.51. The number of nitrogens with one attached hydrogen (secondary N) is 1. The summed E-state index contributed by atoms with van der Waals surface area (Å²) >= 11 is 0. The van der Waals surface area contributed by atoms with E-state index in [0.717, 1.165) is 79.4 Å². The third-order valence-corrected chi connectivity index (χ3v) is 6.94. The summed E-state index contributed by atoms with van der Waals surface area (Å²) in [7, 11) is 0. The van der Waals surface area contributed by atoms with Crippen LogP contribution in [0.25, 0.3) is 33.2 Å². The molecular weight excluding hydrogens is 400 g/mol. The Morgan fingerprint density at radius 1 is 1.00 bits per heavy atom. The SMILES string of the molecule is O=c1c(-c2cn(CC3CCCO3)c3ccccc23)nc2ccccc2n1C1CCNCC1. The van der Waals surface area contributed by atoms with Crippen molar-refractivity contribution in [3.8, 4) is 11.3 Å². The highest BCUT2D eigenvalue weighted by Crippen LogP contribution is 2.31. The average Bonchev–Trinajstić information content (AvgIpc) is 3.48. The summed E-state index contributed by atoms with van der Waals surface area (Å²) in [5.74, 6) is 0. The van der Waals surface area contributed by atoms with Crippen LogP contribution in [0, 0.1) is 0 Å². The highest BCUT2D eigenvalue weighted by Gasteiger charge is 2.24. The van der Waals surface area contributed by atoms with Crippen LogP contribution in [0.1, 0.15) is 31.7 Å². The van der Waals surface area contributed by atoms with Gasteiger partial charge < -0.3 is 19.2 Å². The lowest BCUT2D eigenvalue weighted by molar-refractivity contribution is 0.0980. The maximum Gasteiger partial charge on any atom is 0.277 e. The minimum Gasteiger partial charge on any atom is -0.376 e. The summed E-state index contributed by atoms with van der Waals surface area (Å²) in [6, 6.07) is 16.5. The molecule has 2 aliphatic heterocycles. The van der Waals surface area contributed by atoms with Crippen LogP contribution in [-0.4, -0.2) is 39.9 Å². The monoisotopic (exact) mass is 428 g/mol. The van der Waals surface area contributed by atoms with E-state index in [4.69, 9.17) is 9.72 Å². The molecule has 6 rings (SSSR count). The molecule has 2 fully saturated rings. The molecule has 6 nitrogen and oxygen atoms in total. The average molecular weight is 429 g/mol. The maximum absolute atomic E-state index is 13.9. The Bertz CT molecular complexity index is 1330. The first-order chi connectivity index (χ1) is 15.8. The molecule has 1 atom stereocenters. The fourth-order valence-corrected chi connectivity index (χ4v) is 5.35. The minimum absolute atomic E-state index is 0.00983. The molecule has 0 radical (unpaired) electrons. The molecule has 2 saturated heterocycles. The molecule has 2 aromatic heterocycles. The first kappa shape index (κ1) is 19.7. The Balaban J connectivity index is 1.55. The van der Waals surface area contributed by atoms with Crippen molar-refractivity contribution in [2.24, 2.45) is 0 Å². The van der Waals surface area contributed by atoms with E-state index >= 15 is 0 Å². The second kappa shape index (κ2) is 8.19. The number of hydrogen-bond acceptors (Lipinski definition) is 4. The lowest BCUT2D eigenvalue weighted by Crippen LogP contribution is -2.35. The molecule has 4 heterocycles. The van der Waals surface area contributed by atoms with Crippen molar-refractivity contribution in [2.75, 3.05) is 19.7 Å². The fourth-order valence-electron chi connectivity index (χ4n) is 5.35. The van der Waals surface area contributed by atoms with Gasteiger partial charge in [0.1, 0.15) is 5.69 Å². The highest BCUT2D eigenvalue weighted by atomic mass is 16.5. The predicted octanol–water partition coefficient (Wildman–Crippen LogP) is 4.12. The first-order valence-electron chi connectivity index (χ1n) is 11.7. The third kappa shape index (κ3) is 3.34. The second-order valence-electron chi connectivity index (χ2n) is 8.95. The Morgan fingerprint density at radius 2 is 1.78 bits per heavy atom. The molecule has 0 bridgehead atoms. The van der Waals surface area contributed by atoms with Gasteiger partial charge in [0.2, 0.25) is 0 Å². The van der Waals surface area contributed by atoms with Crippen molar-refractivity contribution in [3.63, 3.8) is 0 Å². The molecular formula is C26H28N4O2. The molecule has 0 aliphatic carbocycles. The van der Waals surface area contributed by atoms with Crippen molar-refractivity contribution in [2.45, 2.75) is 44.4 Å². The Labute approximate surface area is 186 Å². The number of ether oxygens (including phenoxy) is 1. The van der Waals surface area contributed by atoms with E-state index in [-0.39, 0.29) is 17.7 Å². The van der Waals surface area contributed by atoms with E-state index in [1.54, 1.807) is 0 Å². The zero-order valence-electron chi connectivity index (χ0n) is 18.2. The van der Waals surface area contributed by atoms with E-state index < -0.39 is 0 Å². The number of rotatable bonds is 4. The molecule has 4 aromatic rings. The van der Waals surface area contributed by atoms with Crippen LogP contribution in [0.3, 0.4) is 0 Å². The number of benzene rings is 2. The summed E-state index contributed by atoms with van der Waals surface area (Å²) in [4.78, 5) is 18.8. The van der Waals surface area contributed by atoms with Gasteiger partial charge in [0, 0.05) is 41.9 Å². The van der Waals surface area contributed by atoms with Crippen molar-refractivity contribution in [1.29, 1.82) is 0 Å². The zero-order valence-corrected chi connectivity index (χ0v) is 18.2. The standard InChI is InChI=1S/C26H28N4O2/c31-26-25(28-22-8-2-4-10-24(22)30(26)18-11-13-27-14-12-18)21-17-29(16-19-6-5-15-32-19)23-9-3-1-7-20(21)23/h1-4,7-10,17-19,27H,5-6,11-16H2. The number of fused-ring (bicyclic) bond motifs is 2. The summed E-state index contributed by atoms with van der Waals surface area (Å²) < 4.78 is 10.1. The van der Waals surface area contributed by atoms with Crippen LogP contribution in [0.4, 0.5) is 0 Å². The van der Waals surface area contributed by atoms with E-state index in [1.807, 2.05) is 34.9 Å². The largest absolute Gasteiger partial charge is 0.376 e. The molecule has 1 unspecified atom stereocenters. The van der Waals surface area contributed by atoms with Crippen LogP contribution in [0.2, 0.25) is 0 Å². The van der Waals surface area contributed by atoms with Gasteiger partial charge in [-0.3, -0.25) is 4.79 Å².